The predicted octanol–water partition coefficient (Wildman–Crippen LogP) is -0.0659. The number of hydrogen-bond acceptors (Lipinski definition) is 5. The number of anilines is 1. The van der Waals surface area contributed by atoms with E-state index in [1.54, 1.807) is 19.3 Å². The number of nitrogens with one attached hydrogen (secondary N) is 1. The van der Waals surface area contributed by atoms with Gasteiger partial charge >= 0.3 is 0 Å². The van der Waals surface area contributed by atoms with Crippen LogP contribution in [0.15, 0.2) is 12.4 Å². The Bertz CT molecular complexity index is 248. The largest absolute Gasteiger partial charge is 0.395 e. The first kappa shape index (κ1) is 9.88. The van der Waals surface area contributed by atoms with Gasteiger partial charge in [0.25, 0.3) is 0 Å². The summed E-state index contributed by atoms with van der Waals surface area (Å²) < 4.78 is 0. The molecule has 1 atom stereocenters. The molecule has 1 unspecified atom stereocenters. The highest BCUT2D eigenvalue weighted by atomic mass is 16.3. The third kappa shape index (κ3) is 2.96. The van der Waals surface area contributed by atoms with Crippen molar-refractivity contribution in [2.75, 3.05) is 18.5 Å². The molecule has 3 N–H and O–H groups in total. The van der Waals surface area contributed by atoms with Crippen LogP contribution < -0.4 is 5.32 Å². The zero-order valence-electron chi connectivity index (χ0n) is 7.44. The minimum Gasteiger partial charge on any atom is -0.395 e. The summed E-state index contributed by atoms with van der Waals surface area (Å²) in [6.45, 7) is 2.12. The Labute approximate surface area is 76.5 Å². The van der Waals surface area contributed by atoms with Gasteiger partial charge in [0.1, 0.15) is 0 Å². The first-order valence-corrected chi connectivity index (χ1v) is 4.08. The van der Waals surface area contributed by atoms with E-state index in [0.29, 0.717) is 18.1 Å². The number of aromatic nitrogens is 2. The van der Waals surface area contributed by atoms with Crippen LogP contribution in [0, 0.1) is 0 Å². The molecule has 1 heterocycles. The second kappa shape index (κ2) is 4.74. The van der Waals surface area contributed by atoms with Gasteiger partial charge < -0.3 is 15.5 Å². The molecule has 5 heteroatoms. The molecular formula is C8H13N3O2. The van der Waals surface area contributed by atoms with Gasteiger partial charge in [0.2, 0.25) is 5.95 Å². The fraction of sp³-hybridized carbons (Fsp3) is 0.500. The number of hydrogen-bond donors (Lipinski definition) is 3. The van der Waals surface area contributed by atoms with Gasteiger partial charge in [-0.25, -0.2) is 9.97 Å². The Morgan fingerprint density at radius 3 is 2.54 bits per heavy atom. The number of aliphatic hydroxyl groups excluding tert-OH is 2. The van der Waals surface area contributed by atoms with E-state index in [-0.39, 0.29) is 6.61 Å². The van der Waals surface area contributed by atoms with Crippen molar-refractivity contribution in [3.8, 4) is 0 Å². The molecule has 0 saturated heterocycles. The van der Waals surface area contributed by atoms with E-state index >= 15 is 0 Å². The Balaban J connectivity index is 2.59. The van der Waals surface area contributed by atoms with E-state index in [4.69, 9.17) is 10.2 Å². The lowest BCUT2D eigenvalue weighted by atomic mass is 10.2. The van der Waals surface area contributed by atoms with Gasteiger partial charge in [-0.1, -0.05) is 0 Å². The van der Waals surface area contributed by atoms with Crippen LogP contribution in [0.1, 0.15) is 18.6 Å². The van der Waals surface area contributed by atoms with Crippen molar-refractivity contribution in [1.29, 1.82) is 0 Å². The lowest BCUT2D eigenvalue weighted by molar-refractivity contribution is 0.198. The molecule has 1 rings (SSSR count). The van der Waals surface area contributed by atoms with E-state index in [2.05, 4.69) is 15.3 Å². The molecule has 1 aromatic heterocycles. The van der Waals surface area contributed by atoms with Crippen LogP contribution in [-0.4, -0.2) is 33.3 Å². The smallest absolute Gasteiger partial charge is 0.222 e. The summed E-state index contributed by atoms with van der Waals surface area (Å²) in [5.41, 5.74) is 0.676. The van der Waals surface area contributed by atoms with Crippen LogP contribution in [0.2, 0.25) is 0 Å². The molecule has 0 bridgehead atoms. The van der Waals surface area contributed by atoms with Crippen molar-refractivity contribution in [3.05, 3.63) is 18.0 Å². The number of rotatable bonds is 4. The zero-order valence-corrected chi connectivity index (χ0v) is 7.44. The third-order valence-corrected chi connectivity index (χ3v) is 1.55. The predicted molar refractivity (Wildman–Crippen MR) is 48.2 cm³/mol. The van der Waals surface area contributed by atoms with Crippen LogP contribution in [-0.2, 0) is 0 Å². The maximum atomic E-state index is 9.15. The minimum absolute atomic E-state index is 0.0432. The topological polar surface area (TPSA) is 78.3 Å². The van der Waals surface area contributed by atoms with Gasteiger partial charge in [-0.3, -0.25) is 0 Å². The van der Waals surface area contributed by atoms with Gasteiger partial charge in [0.15, 0.2) is 0 Å². The quantitative estimate of drug-likeness (QED) is 0.609. The van der Waals surface area contributed by atoms with Gasteiger partial charge in [-0.05, 0) is 6.92 Å². The van der Waals surface area contributed by atoms with Gasteiger partial charge in [-0.15, -0.1) is 0 Å². The van der Waals surface area contributed by atoms with Crippen LogP contribution in [0.5, 0.6) is 0 Å². The molecule has 0 radical (unpaired) electrons. The van der Waals surface area contributed by atoms with Crippen molar-refractivity contribution in [3.63, 3.8) is 0 Å². The Morgan fingerprint density at radius 1 is 1.46 bits per heavy atom. The van der Waals surface area contributed by atoms with Crippen molar-refractivity contribution in [2.45, 2.75) is 13.0 Å². The van der Waals surface area contributed by atoms with Crippen LogP contribution in [0.3, 0.4) is 0 Å². The van der Waals surface area contributed by atoms with Crippen molar-refractivity contribution < 1.29 is 10.2 Å². The molecule has 72 valence electrons. The summed E-state index contributed by atoms with van der Waals surface area (Å²) in [5, 5.41) is 20.5. The third-order valence-electron chi connectivity index (χ3n) is 1.55. The fourth-order valence-electron chi connectivity index (χ4n) is 0.813. The van der Waals surface area contributed by atoms with E-state index in [1.807, 2.05) is 0 Å². The average molecular weight is 183 g/mol. The molecule has 0 aliphatic heterocycles. The van der Waals surface area contributed by atoms with E-state index in [9.17, 15) is 0 Å². The minimum atomic E-state index is -0.549. The van der Waals surface area contributed by atoms with Crippen LogP contribution >= 0.6 is 0 Å². The van der Waals surface area contributed by atoms with E-state index in [1.165, 1.54) is 0 Å². The molecule has 0 aliphatic rings. The second-order valence-corrected chi connectivity index (χ2v) is 2.67. The summed E-state index contributed by atoms with van der Waals surface area (Å²) in [5.74, 6) is 0.457. The molecule has 0 saturated carbocycles. The van der Waals surface area contributed by atoms with Gasteiger partial charge in [0, 0.05) is 24.5 Å². The highest BCUT2D eigenvalue weighted by Gasteiger charge is 2.01. The summed E-state index contributed by atoms with van der Waals surface area (Å²) in [7, 11) is 0. The van der Waals surface area contributed by atoms with E-state index in [0.717, 1.165) is 0 Å². The Morgan fingerprint density at radius 2 is 2.08 bits per heavy atom. The Kier molecular flexibility index (Phi) is 3.60. The van der Waals surface area contributed by atoms with E-state index < -0.39 is 6.10 Å². The molecule has 0 aromatic carbocycles. The van der Waals surface area contributed by atoms with Crippen LogP contribution in [0.4, 0.5) is 5.95 Å². The second-order valence-electron chi connectivity index (χ2n) is 2.67. The van der Waals surface area contributed by atoms with Crippen molar-refractivity contribution in [2.24, 2.45) is 0 Å². The SMILES string of the molecule is CC(O)c1cnc(NCCO)nc1. The molecule has 13 heavy (non-hydrogen) atoms. The monoisotopic (exact) mass is 183 g/mol. The van der Waals surface area contributed by atoms with Crippen molar-refractivity contribution in [1.82, 2.24) is 9.97 Å². The summed E-state index contributed by atoms with van der Waals surface area (Å²) >= 11 is 0. The lowest BCUT2D eigenvalue weighted by Gasteiger charge is -2.05. The zero-order chi connectivity index (χ0) is 9.68. The maximum absolute atomic E-state index is 9.15. The summed E-state index contributed by atoms with van der Waals surface area (Å²) in [6.07, 6.45) is 2.56. The first-order chi connectivity index (χ1) is 6.24. The van der Waals surface area contributed by atoms with Gasteiger partial charge in [-0.2, -0.15) is 0 Å². The molecule has 5 nitrogen and oxygen atoms in total. The first-order valence-electron chi connectivity index (χ1n) is 4.08. The summed E-state index contributed by atoms with van der Waals surface area (Å²) in [6, 6.07) is 0. The number of aliphatic hydroxyl groups is 2. The summed E-state index contributed by atoms with van der Waals surface area (Å²) in [4.78, 5) is 7.89. The Hall–Kier alpha value is -1.20. The standard InChI is InChI=1S/C8H13N3O2/c1-6(13)7-4-10-8(11-5-7)9-2-3-12/h4-6,12-13H,2-3H2,1H3,(H,9,10,11). The molecule has 0 spiro atoms. The van der Waals surface area contributed by atoms with Crippen molar-refractivity contribution >= 4 is 5.95 Å². The maximum Gasteiger partial charge on any atom is 0.222 e. The lowest BCUT2D eigenvalue weighted by Crippen LogP contribution is -2.08. The average Bonchev–Trinajstić information content (AvgIpc) is 2.15. The molecule has 1 aromatic rings. The van der Waals surface area contributed by atoms with Crippen LogP contribution in [0.25, 0.3) is 0 Å². The highest BCUT2D eigenvalue weighted by Crippen LogP contribution is 2.09. The highest BCUT2D eigenvalue weighted by molar-refractivity contribution is 5.24. The fourth-order valence-corrected chi connectivity index (χ4v) is 0.813. The molecule has 0 fully saturated rings. The van der Waals surface area contributed by atoms with Gasteiger partial charge in [0.05, 0.1) is 12.7 Å². The normalized spacial score (nSPS) is 12.5. The molecular weight excluding hydrogens is 170 g/mol. The number of nitrogens with zero attached hydrogens (tertiary/aromatic N) is 2. The molecule has 0 amide bonds. The molecule has 0 aliphatic carbocycles.